The zero-order chi connectivity index (χ0) is 13.7. The summed E-state index contributed by atoms with van der Waals surface area (Å²) in [4.78, 5) is 14.5. The molecular weight excluding hydrogens is 293 g/mol. The van der Waals surface area contributed by atoms with Crippen LogP contribution in [0.1, 0.15) is 13.8 Å². The number of hydrogen-bond donors (Lipinski definition) is 2. The Morgan fingerprint density at radius 2 is 1.94 bits per heavy atom. The molecule has 1 aromatic heterocycles. The third kappa shape index (κ3) is 1.92. The Morgan fingerprint density at radius 3 is 2.50 bits per heavy atom. The van der Waals surface area contributed by atoms with Crippen LogP contribution in [-0.4, -0.2) is 15.5 Å². The topological polar surface area (TPSA) is 63.8 Å². The number of halogens is 2. The number of benzene rings is 1. The molecule has 0 aliphatic heterocycles. The number of rotatable bonds is 2. The van der Waals surface area contributed by atoms with Crippen LogP contribution in [0, 0.1) is 4.77 Å². The van der Waals surface area contributed by atoms with Gasteiger partial charge in [0.2, 0.25) is 5.91 Å². The van der Waals surface area contributed by atoms with E-state index in [4.69, 9.17) is 41.2 Å². The number of aromatic nitrogens is 2. The van der Waals surface area contributed by atoms with Gasteiger partial charge < -0.3 is 15.3 Å². The third-order valence-electron chi connectivity index (χ3n) is 2.89. The van der Waals surface area contributed by atoms with Gasteiger partial charge in [0.1, 0.15) is 5.54 Å². The zero-order valence-electron chi connectivity index (χ0n) is 9.75. The minimum atomic E-state index is -0.952. The van der Waals surface area contributed by atoms with Crippen LogP contribution in [0.15, 0.2) is 12.1 Å². The number of carbonyl (C=O) groups is 1. The number of hydrogen-bond acceptors (Lipinski definition) is 2. The van der Waals surface area contributed by atoms with Crippen molar-refractivity contribution in [3.63, 3.8) is 0 Å². The summed E-state index contributed by atoms with van der Waals surface area (Å²) in [5.74, 6) is -0.481. The largest absolute Gasteiger partial charge is 0.368 e. The van der Waals surface area contributed by atoms with Crippen molar-refractivity contribution in [3.05, 3.63) is 26.9 Å². The van der Waals surface area contributed by atoms with Gasteiger partial charge in [-0.1, -0.05) is 23.2 Å². The Kier molecular flexibility index (Phi) is 3.17. The molecule has 0 spiro atoms. The van der Waals surface area contributed by atoms with Crippen LogP contribution in [0.3, 0.4) is 0 Å². The summed E-state index contributed by atoms with van der Waals surface area (Å²) >= 11 is 17.1. The van der Waals surface area contributed by atoms with E-state index < -0.39 is 11.4 Å². The summed E-state index contributed by atoms with van der Waals surface area (Å²) < 4.78 is 2.04. The highest BCUT2D eigenvalue weighted by atomic mass is 35.5. The van der Waals surface area contributed by atoms with Gasteiger partial charge in [-0.05, 0) is 38.2 Å². The predicted molar refractivity (Wildman–Crippen MR) is 75.7 cm³/mol. The molecule has 0 saturated heterocycles. The van der Waals surface area contributed by atoms with Crippen molar-refractivity contribution >= 4 is 52.4 Å². The minimum absolute atomic E-state index is 0.395. The van der Waals surface area contributed by atoms with Crippen LogP contribution in [0.25, 0.3) is 11.0 Å². The van der Waals surface area contributed by atoms with Crippen molar-refractivity contribution in [2.45, 2.75) is 19.4 Å². The van der Waals surface area contributed by atoms with E-state index in [1.165, 1.54) is 0 Å². The first kappa shape index (κ1) is 13.4. The standard InChI is InChI=1S/C11H11Cl2N3OS/c1-11(2,9(14)17)16-8-4-6(13)5(12)3-7(8)15-10(16)18/h3-4H,1-2H3,(H2,14,17)(H,15,18). The molecule has 1 amide bonds. The average molecular weight is 304 g/mol. The Labute approximate surface area is 119 Å². The molecule has 0 radical (unpaired) electrons. The van der Waals surface area contributed by atoms with Gasteiger partial charge in [0.15, 0.2) is 4.77 Å². The molecule has 1 aromatic carbocycles. The van der Waals surface area contributed by atoms with Crippen LogP contribution in [0.2, 0.25) is 10.0 Å². The number of imidazole rings is 1. The fraction of sp³-hybridized carbons (Fsp3) is 0.273. The van der Waals surface area contributed by atoms with Crippen molar-refractivity contribution in [1.82, 2.24) is 9.55 Å². The number of amides is 1. The van der Waals surface area contributed by atoms with Crippen molar-refractivity contribution in [2.75, 3.05) is 0 Å². The monoisotopic (exact) mass is 303 g/mol. The Bertz CT molecular complexity index is 702. The van der Waals surface area contributed by atoms with Crippen molar-refractivity contribution in [3.8, 4) is 0 Å². The lowest BCUT2D eigenvalue weighted by atomic mass is 10.0. The number of aromatic amines is 1. The number of H-pyrrole nitrogens is 1. The SMILES string of the molecule is CC(C)(C(N)=O)n1c(=S)[nH]c2cc(Cl)c(Cl)cc21. The lowest BCUT2D eigenvalue weighted by Gasteiger charge is -2.23. The second-order valence-corrected chi connectivity index (χ2v) is 5.67. The smallest absolute Gasteiger partial charge is 0.243 e. The van der Waals surface area contributed by atoms with Crippen molar-refractivity contribution in [2.24, 2.45) is 5.73 Å². The number of primary amides is 1. The van der Waals surface area contributed by atoms with Crippen LogP contribution in [-0.2, 0) is 10.3 Å². The highest BCUT2D eigenvalue weighted by molar-refractivity contribution is 7.71. The quantitative estimate of drug-likeness (QED) is 0.837. The fourth-order valence-electron chi connectivity index (χ4n) is 1.77. The van der Waals surface area contributed by atoms with Gasteiger partial charge in [-0.25, -0.2) is 0 Å². The molecule has 96 valence electrons. The molecule has 2 rings (SSSR count). The number of nitrogens with zero attached hydrogens (tertiary/aromatic N) is 1. The first-order valence-electron chi connectivity index (χ1n) is 5.15. The van der Waals surface area contributed by atoms with Crippen LogP contribution in [0.4, 0.5) is 0 Å². The predicted octanol–water partition coefficient (Wildman–Crippen LogP) is 3.23. The number of carbonyl (C=O) groups excluding carboxylic acids is 1. The molecule has 3 N–H and O–H groups in total. The molecule has 18 heavy (non-hydrogen) atoms. The highest BCUT2D eigenvalue weighted by Crippen LogP contribution is 2.30. The van der Waals surface area contributed by atoms with Crippen LogP contribution < -0.4 is 5.73 Å². The highest BCUT2D eigenvalue weighted by Gasteiger charge is 2.29. The zero-order valence-corrected chi connectivity index (χ0v) is 12.1. The van der Waals surface area contributed by atoms with Crippen LogP contribution >= 0.6 is 35.4 Å². The molecule has 7 heteroatoms. The minimum Gasteiger partial charge on any atom is -0.368 e. The molecular formula is C11H11Cl2N3OS. The molecule has 1 heterocycles. The second-order valence-electron chi connectivity index (χ2n) is 4.47. The van der Waals surface area contributed by atoms with E-state index in [0.717, 1.165) is 0 Å². The van der Waals surface area contributed by atoms with Crippen molar-refractivity contribution in [1.29, 1.82) is 0 Å². The van der Waals surface area contributed by atoms with E-state index in [0.29, 0.717) is 25.8 Å². The summed E-state index contributed by atoms with van der Waals surface area (Å²) in [6, 6.07) is 3.33. The molecule has 0 aliphatic carbocycles. The van der Waals surface area contributed by atoms with Gasteiger partial charge in [-0.2, -0.15) is 0 Å². The molecule has 0 saturated carbocycles. The molecule has 4 nitrogen and oxygen atoms in total. The Balaban J connectivity index is 2.88. The maximum absolute atomic E-state index is 11.5. The molecule has 2 aromatic rings. The summed E-state index contributed by atoms with van der Waals surface area (Å²) in [5.41, 5.74) is 5.86. The first-order chi connectivity index (χ1) is 8.25. The number of nitrogens with one attached hydrogen (secondary N) is 1. The summed E-state index contributed by atoms with van der Waals surface area (Å²) in [5, 5.41) is 0.816. The normalized spacial score (nSPS) is 12.0. The van der Waals surface area contributed by atoms with E-state index in [-0.39, 0.29) is 0 Å². The Hall–Kier alpha value is -1.04. The maximum Gasteiger partial charge on any atom is 0.243 e. The molecule has 0 unspecified atom stereocenters. The molecule has 0 fully saturated rings. The second kappa shape index (κ2) is 4.26. The Morgan fingerprint density at radius 1 is 1.39 bits per heavy atom. The van der Waals surface area contributed by atoms with E-state index in [1.54, 1.807) is 30.5 Å². The first-order valence-corrected chi connectivity index (χ1v) is 6.31. The van der Waals surface area contributed by atoms with Crippen LogP contribution in [0.5, 0.6) is 0 Å². The van der Waals surface area contributed by atoms with E-state index in [9.17, 15) is 4.79 Å². The number of fused-ring (bicyclic) bond motifs is 1. The molecule has 0 bridgehead atoms. The lowest BCUT2D eigenvalue weighted by molar-refractivity contribution is -0.124. The van der Waals surface area contributed by atoms with Gasteiger partial charge in [0.25, 0.3) is 0 Å². The molecule has 0 aliphatic rings. The number of nitrogens with two attached hydrogens (primary N) is 1. The van der Waals surface area contributed by atoms with Gasteiger partial charge in [-0.3, -0.25) is 4.79 Å². The van der Waals surface area contributed by atoms with E-state index in [2.05, 4.69) is 4.98 Å². The van der Waals surface area contributed by atoms with Crippen molar-refractivity contribution < 1.29 is 4.79 Å². The van der Waals surface area contributed by atoms with Gasteiger partial charge >= 0.3 is 0 Å². The van der Waals surface area contributed by atoms with Gasteiger partial charge in [0.05, 0.1) is 21.1 Å². The van der Waals surface area contributed by atoms with Gasteiger partial charge in [-0.15, -0.1) is 0 Å². The maximum atomic E-state index is 11.5. The fourth-order valence-corrected chi connectivity index (χ4v) is 2.53. The lowest BCUT2D eigenvalue weighted by Crippen LogP contribution is -2.41. The summed E-state index contributed by atoms with van der Waals surface area (Å²) in [6.45, 7) is 3.39. The summed E-state index contributed by atoms with van der Waals surface area (Å²) in [7, 11) is 0. The average Bonchev–Trinajstić information content (AvgIpc) is 2.54. The van der Waals surface area contributed by atoms with E-state index in [1.807, 2.05) is 0 Å². The molecule has 0 atom stereocenters. The summed E-state index contributed by atoms with van der Waals surface area (Å²) in [6.07, 6.45) is 0. The third-order valence-corrected chi connectivity index (χ3v) is 3.89. The van der Waals surface area contributed by atoms with Gasteiger partial charge in [0, 0.05) is 0 Å². The van der Waals surface area contributed by atoms with E-state index >= 15 is 0 Å².